The first-order valence-electron chi connectivity index (χ1n) is 9.12. The quantitative estimate of drug-likeness (QED) is 0.697. The summed E-state index contributed by atoms with van der Waals surface area (Å²) in [6, 6.07) is 12.8. The second-order valence-corrected chi connectivity index (χ2v) is 7.62. The number of nitrogens with one attached hydrogen (secondary N) is 2. The minimum Gasteiger partial charge on any atom is -0.497 e. The predicted molar refractivity (Wildman–Crippen MR) is 108 cm³/mol. The number of amides is 2. The molecule has 0 bridgehead atoms. The SMILES string of the molecule is COc1ccc(Cn2ncc3c2NC(=O)C[C@]32C(=O)Nc3ccc(Cl)cc32)cc1. The van der Waals surface area contributed by atoms with Crippen molar-refractivity contribution in [1.29, 1.82) is 0 Å². The van der Waals surface area contributed by atoms with E-state index in [9.17, 15) is 9.59 Å². The van der Waals surface area contributed by atoms with Gasteiger partial charge in [-0.3, -0.25) is 9.59 Å². The molecule has 2 aliphatic rings. The molecule has 2 aromatic carbocycles. The minimum absolute atomic E-state index is 0.00735. The number of benzene rings is 2. The first kappa shape index (κ1) is 17.8. The Morgan fingerprint density at radius 1 is 1.14 bits per heavy atom. The number of aromatic nitrogens is 2. The maximum atomic E-state index is 13.1. The maximum absolute atomic E-state index is 13.1. The molecule has 3 aromatic rings. The lowest BCUT2D eigenvalue weighted by Gasteiger charge is -2.31. The smallest absolute Gasteiger partial charge is 0.240 e. The third-order valence-corrected chi connectivity index (χ3v) is 5.79. The minimum atomic E-state index is -1.13. The molecule has 1 atom stereocenters. The van der Waals surface area contributed by atoms with Crippen LogP contribution in [0.25, 0.3) is 0 Å². The number of carbonyl (C=O) groups excluding carboxylic acids is 2. The van der Waals surface area contributed by atoms with Crippen LogP contribution in [0.4, 0.5) is 11.5 Å². The Balaban J connectivity index is 1.61. The number of nitrogens with zero attached hydrogens (tertiary/aromatic N) is 2. The van der Waals surface area contributed by atoms with E-state index in [4.69, 9.17) is 16.3 Å². The van der Waals surface area contributed by atoms with Gasteiger partial charge in [0.25, 0.3) is 0 Å². The maximum Gasteiger partial charge on any atom is 0.240 e. The lowest BCUT2D eigenvalue weighted by atomic mass is 9.72. The number of hydrogen-bond acceptors (Lipinski definition) is 4. The monoisotopic (exact) mass is 408 g/mol. The van der Waals surface area contributed by atoms with E-state index in [-0.39, 0.29) is 18.2 Å². The first-order valence-corrected chi connectivity index (χ1v) is 9.49. The normalized spacial score (nSPS) is 19.5. The van der Waals surface area contributed by atoms with Crippen LogP contribution < -0.4 is 15.4 Å². The number of methoxy groups -OCH3 is 1. The van der Waals surface area contributed by atoms with Crippen LogP contribution in [-0.2, 0) is 21.5 Å². The van der Waals surface area contributed by atoms with Gasteiger partial charge in [0.05, 0.1) is 19.9 Å². The van der Waals surface area contributed by atoms with Gasteiger partial charge in [0.2, 0.25) is 11.8 Å². The molecule has 3 heterocycles. The number of rotatable bonds is 3. The van der Waals surface area contributed by atoms with Crippen LogP contribution in [0.15, 0.2) is 48.7 Å². The molecule has 0 radical (unpaired) electrons. The molecule has 0 fully saturated rings. The number of halogens is 1. The molecule has 5 rings (SSSR count). The zero-order chi connectivity index (χ0) is 20.2. The zero-order valence-corrected chi connectivity index (χ0v) is 16.3. The fourth-order valence-electron chi connectivity index (χ4n) is 4.14. The van der Waals surface area contributed by atoms with Crippen molar-refractivity contribution in [1.82, 2.24) is 9.78 Å². The van der Waals surface area contributed by atoms with Gasteiger partial charge >= 0.3 is 0 Å². The summed E-state index contributed by atoms with van der Waals surface area (Å²) in [7, 11) is 1.62. The lowest BCUT2D eigenvalue weighted by Crippen LogP contribution is -2.43. The van der Waals surface area contributed by atoms with E-state index in [2.05, 4.69) is 15.7 Å². The number of anilines is 2. The molecule has 0 saturated carbocycles. The fourth-order valence-corrected chi connectivity index (χ4v) is 4.31. The van der Waals surface area contributed by atoms with Crippen LogP contribution in [0, 0.1) is 0 Å². The van der Waals surface area contributed by atoms with Crippen LogP contribution >= 0.6 is 11.6 Å². The van der Waals surface area contributed by atoms with Crippen molar-refractivity contribution < 1.29 is 14.3 Å². The van der Waals surface area contributed by atoms with Crippen molar-refractivity contribution in [3.05, 3.63) is 70.4 Å². The summed E-state index contributed by atoms with van der Waals surface area (Å²) < 4.78 is 6.89. The predicted octanol–water partition coefficient (Wildman–Crippen LogP) is 3.17. The summed E-state index contributed by atoms with van der Waals surface area (Å²) in [5.41, 5.74) is 1.91. The number of hydrogen-bond donors (Lipinski definition) is 2. The van der Waals surface area contributed by atoms with Crippen molar-refractivity contribution >= 4 is 34.9 Å². The Labute approximate surface area is 171 Å². The van der Waals surface area contributed by atoms with E-state index in [1.807, 2.05) is 24.3 Å². The Morgan fingerprint density at radius 3 is 2.69 bits per heavy atom. The summed E-state index contributed by atoms with van der Waals surface area (Å²) in [6.45, 7) is 0.444. The molecule has 2 amide bonds. The molecule has 146 valence electrons. The second kappa shape index (κ2) is 6.35. The number of ether oxygens (including phenoxy) is 1. The van der Waals surface area contributed by atoms with Gasteiger partial charge in [0.1, 0.15) is 17.0 Å². The molecule has 1 spiro atoms. The molecule has 0 unspecified atom stereocenters. The fraction of sp³-hybridized carbons (Fsp3) is 0.190. The summed E-state index contributed by atoms with van der Waals surface area (Å²) in [5, 5.41) is 10.8. The van der Waals surface area contributed by atoms with Crippen molar-refractivity contribution in [3.63, 3.8) is 0 Å². The molecule has 29 heavy (non-hydrogen) atoms. The van der Waals surface area contributed by atoms with Crippen LogP contribution in [-0.4, -0.2) is 28.7 Å². The largest absolute Gasteiger partial charge is 0.497 e. The van der Waals surface area contributed by atoms with Crippen molar-refractivity contribution in [2.75, 3.05) is 17.7 Å². The Bertz CT molecular complexity index is 1160. The topological polar surface area (TPSA) is 85.2 Å². The first-order chi connectivity index (χ1) is 14.0. The van der Waals surface area contributed by atoms with Crippen LogP contribution in [0.1, 0.15) is 23.1 Å². The van der Waals surface area contributed by atoms with Gasteiger partial charge in [-0.15, -0.1) is 0 Å². The van der Waals surface area contributed by atoms with Gasteiger partial charge in [-0.1, -0.05) is 23.7 Å². The van der Waals surface area contributed by atoms with Crippen molar-refractivity contribution in [2.24, 2.45) is 0 Å². The van der Waals surface area contributed by atoms with Crippen LogP contribution in [0.5, 0.6) is 5.75 Å². The number of fused-ring (bicyclic) bond motifs is 4. The summed E-state index contributed by atoms with van der Waals surface area (Å²) in [6.07, 6.45) is 1.67. The van der Waals surface area contributed by atoms with Gasteiger partial charge in [0, 0.05) is 22.7 Å². The Morgan fingerprint density at radius 2 is 1.93 bits per heavy atom. The van der Waals surface area contributed by atoms with Crippen LogP contribution in [0.3, 0.4) is 0 Å². The highest BCUT2D eigenvalue weighted by Gasteiger charge is 2.54. The summed E-state index contributed by atoms with van der Waals surface area (Å²) in [5.74, 6) is 0.812. The van der Waals surface area contributed by atoms with Gasteiger partial charge in [-0.2, -0.15) is 5.10 Å². The van der Waals surface area contributed by atoms with E-state index >= 15 is 0 Å². The molecule has 2 aliphatic heterocycles. The van der Waals surface area contributed by atoms with Crippen molar-refractivity contribution in [2.45, 2.75) is 18.4 Å². The average molecular weight is 409 g/mol. The zero-order valence-electron chi connectivity index (χ0n) is 15.5. The van der Waals surface area contributed by atoms with Gasteiger partial charge < -0.3 is 15.4 Å². The number of carbonyl (C=O) groups is 2. The van der Waals surface area contributed by atoms with Gasteiger partial charge in [-0.25, -0.2) is 4.68 Å². The van der Waals surface area contributed by atoms with Crippen LogP contribution in [0.2, 0.25) is 5.02 Å². The molecule has 8 heteroatoms. The highest BCUT2D eigenvalue weighted by Crippen LogP contribution is 2.50. The lowest BCUT2D eigenvalue weighted by molar-refractivity contribution is -0.125. The molecular formula is C21H17ClN4O3. The van der Waals surface area contributed by atoms with E-state index in [0.717, 1.165) is 11.3 Å². The standard InChI is InChI=1S/C21H17ClN4O3/c1-29-14-5-2-12(3-6-14)11-26-19-16(10-23-26)21(9-18(27)25-19)15-8-13(22)4-7-17(15)24-20(21)28/h2-8,10H,9,11H2,1H3,(H,24,28)(H,25,27)/t21-/m1/s1. The third kappa shape index (κ3) is 2.61. The van der Waals surface area contributed by atoms with Gasteiger partial charge in [0.15, 0.2) is 0 Å². The average Bonchev–Trinajstić information content (AvgIpc) is 3.22. The molecular weight excluding hydrogens is 392 g/mol. The summed E-state index contributed by atoms with van der Waals surface area (Å²) in [4.78, 5) is 25.7. The molecule has 0 saturated heterocycles. The van der Waals surface area contributed by atoms with Crippen molar-refractivity contribution in [3.8, 4) is 5.75 Å². The molecule has 0 aliphatic carbocycles. The highest BCUT2D eigenvalue weighted by atomic mass is 35.5. The second-order valence-electron chi connectivity index (χ2n) is 7.19. The van der Waals surface area contributed by atoms with Gasteiger partial charge in [-0.05, 0) is 41.5 Å². The van der Waals surface area contributed by atoms with E-state index in [0.29, 0.717) is 34.2 Å². The molecule has 7 nitrogen and oxygen atoms in total. The Kier molecular flexibility index (Phi) is 3.89. The van der Waals surface area contributed by atoms with E-state index in [1.165, 1.54) is 0 Å². The highest BCUT2D eigenvalue weighted by molar-refractivity contribution is 6.31. The molecule has 2 N–H and O–H groups in total. The third-order valence-electron chi connectivity index (χ3n) is 5.55. The van der Waals surface area contributed by atoms with E-state index < -0.39 is 5.41 Å². The Hall–Kier alpha value is -3.32. The summed E-state index contributed by atoms with van der Waals surface area (Å²) >= 11 is 6.20. The van der Waals surface area contributed by atoms with E-state index in [1.54, 1.807) is 36.2 Å². The molecule has 1 aromatic heterocycles.